The summed E-state index contributed by atoms with van der Waals surface area (Å²) in [6.45, 7) is 8.63. The van der Waals surface area contributed by atoms with E-state index in [-0.39, 0.29) is 11.9 Å². The fraction of sp³-hybridized carbons (Fsp3) is 0.278. The molecule has 0 radical (unpaired) electrons. The second kappa shape index (κ2) is 6.52. The highest BCUT2D eigenvalue weighted by molar-refractivity contribution is 6.24. The van der Waals surface area contributed by atoms with Gasteiger partial charge in [0.25, 0.3) is 11.8 Å². The lowest BCUT2D eigenvalue weighted by Gasteiger charge is -2.18. The van der Waals surface area contributed by atoms with E-state index >= 15 is 0 Å². The van der Waals surface area contributed by atoms with Crippen LogP contribution >= 0.6 is 0 Å². The van der Waals surface area contributed by atoms with Gasteiger partial charge in [0.1, 0.15) is 0 Å². The van der Waals surface area contributed by atoms with E-state index in [1.54, 1.807) is 11.7 Å². The van der Waals surface area contributed by atoms with Gasteiger partial charge in [0.05, 0.1) is 5.52 Å². The summed E-state index contributed by atoms with van der Waals surface area (Å²) in [6, 6.07) is 6.01. The topological polar surface area (TPSA) is 84.5 Å². The Labute approximate surface area is 146 Å². The molecular weight excluding hydrogens is 318 g/mol. The van der Waals surface area contributed by atoms with Crippen LogP contribution in [0.2, 0.25) is 0 Å². The summed E-state index contributed by atoms with van der Waals surface area (Å²) in [7, 11) is 1.78. The minimum atomic E-state index is -0.542. The molecule has 1 saturated heterocycles. The van der Waals surface area contributed by atoms with Crippen LogP contribution in [-0.4, -0.2) is 40.7 Å². The molecule has 7 heteroatoms. The van der Waals surface area contributed by atoms with Crippen LogP contribution in [0.3, 0.4) is 0 Å². The quantitative estimate of drug-likeness (QED) is 0.850. The van der Waals surface area contributed by atoms with Crippen LogP contribution in [0.4, 0.5) is 11.5 Å². The predicted molar refractivity (Wildman–Crippen MR) is 98.4 cm³/mol. The van der Waals surface area contributed by atoms with Gasteiger partial charge in [-0.25, -0.2) is 4.90 Å². The first-order valence-corrected chi connectivity index (χ1v) is 8.06. The van der Waals surface area contributed by atoms with Gasteiger partial charge in [-0.3, -0.25) is 14.3 Å². The molecule has 130 valence electrons. The Hall–Kier alpha value is -2.93. The highest BCUT2D eigenvalue weighted by Gasteiger charge is 2.26. The molecule has 0 bridgehead atoms. The van der Waals surface area contributed by atoms with Gasteiger partial charge >= 0.3 is 0 Å². The maximum atomic E-state index is 12.1. The highest BCUT2D eigenvalue weighted by Crippen LogP contribution is 2.31. The molecule has 1 atom stereocenters. The molecule has 2 aromatic rings. The molecule has 1 aromatic heterocycles. The third-order valence-electron chi connectivity index (χ3n) is 4.41. The number of aryl methyl sites for hydroxylation is 1. The van der Waals surface area contributed by atoms with Crippen molar-refractivity contribution in [3.05, 3.63) is 43.5 Å². The molecule has 0 saturated carbocycles. The Kier molecular flexibility index (Phi) is 4.41. The molecule has 2 amide bonds. The summed E-state index contributed by atoms with van der Waals surface area (Å²) in [6.07, 6.45) is 3.13. The van der Waals surface area contributed by atoms with Crippen LogP contribution in [0.5, 0.6) is 0 Å². The Balaban J connectivity index is 2.08. The molecule has 1 fully saturated rings. The molecule has 3 rings (SSSR count). The van der Waals surface area contributed by atoms with Crippen molar-refractivity contribution in [2.24, 2.45) is 12.8 Å². The number of anilines is 2. The summed E-state index contributed by atoms with van der Waals surface area (Å²) in [5.74, 6) is -0.809. The van der Waals surface area contributed by atoms with Crippen LogP contribution < -0.4 is 15.5 Å². The number of fused-ring (bicyclic) bond motifs is 1. The smallest absolute Gasteiger partial charge is 0.258 e. The zero-order valence-corrected chi connectivity index (χ0v) is 14.2. The molecule has 2 heterocycles. The van der Waals surface area contributed by atoms with Gasteiger partial charge in [-0.2, -0.15) is 5.10 Å². The SMILES string of the molecule is C=CC(=O)N(C(=O)C=C)c1nn(C)c2cc(N3CCC(N)C3)ccc12. The number of hydrogen-bond donors (Lipinski definition) is 1. The van der Waals surface area contributed by atoms with E-state index in [4.69, 9.17) is 5.73 Å². The van der Waals surface area contributed by atoms with Crippen molar-refractivity contribution in [1.82, 2.24) is 9.78 Å². The maximum absolute atomic E-state index is 12.1. The normalized spacial score (nSPS) is 16.9. The number of nitrogens with two attached hydrogens (primary N) is 1. The number of carbonyl (C=O) groups excluding carboxylic acids is 2. The first-order valence-electron chi connectivity index (χ1n) is 8.06. The van der Waals surface area contributed by atoms with Crippen molar-refractivity contribution in [2.75, 3.05) is 22.9 Å². The van der Waals surface area contributed by atoms with Crippen LogP contribution in [0.1, 0.15) is 6.42 Å². The second-order valence-electron chi connectivity index (χ2n) is 6.06. The minimum absolute atomic E-state index is 0.184. The Bertz CT molecular complexity index is 850. The molecule has 1 aromatic carbocycles. The number of imide groups is 1. The van der Waals surface area contributed by atoms with E-state index in [9.17, 15) is 9.59 Å². The van der Waals surface area contributed by atoms with Gasteiger partial charge in [0.15, 0.2) is 5.82 Å². The van der Waals surface area contributed by atoms with E-state index in [2.05, 4.69) is 23.2 Å². The third-order valence-corrected chi connectivity index (χ3v) is 4.41. The molecule has 25 heavy (non-hydrogen) atoms. The molecule has 1 aliphatic rings. The molecule has 0 aliphatic carbocycles. The van der Waals surface area contributed by atoms with E-state index in [0.717, 1.165) is 47.8 Å². The lowest BCUT2D eigenvalue weighted by molar-refractivity contribution is -0.121. The maximum Gasteiger partial charge on any atom is 0.258 e. The van der Waals surface area contributed by atoms with E-state index in [0.29, 0.717) is 5.39 Å². The first kappa shape index (κ1) is 16.9. The van der Waals surface area contributed by atoms with E-state index in [1.165, 1.54) is 0 Å². The zero-order chi connectivity index (χ0) is 18.1. The van der Waals surface area contributed by atoms with Crippen LogP contribution in [0, 0.1) is 0 Å². The largest absolute Gasteiger partial charge is 0.370 e. The number of aromatic nitrogens is 2. The molecule has 1 aliphatic heterocycles. The number of nitrogens with zero attached hydrogens (tertiary/aromatic N) is 4. The average molecular weight is 339 g/mol. The van der Waals surface area contributed by atoms with E-state index in [1.807, 2.05) is 18.2 Å². The third kappa shape index (κ3) is 2.94. The van der Waals surface area contributed by atoms with Crippen molar-refractivity contribution in [1.29, 1.82) is 0 Å². The van der Waals surface area contributed by atoms with Gasteiger partial charge in [0, 0.05) is 37.3 Å². The lowest BCUT2D eigenvalue weighted by Crippen LogP contribution is -2.34. The molecule has 2 N–H and O–H groups in total. The Morgan fingerprint density at radius 1 is 1.32 bits per heavy atom. The van der Waals surface area contributed by atoms with Crippen molar-refractivity contribution in [3.63, 3.8) is 0 Å². The van der Waals surface area contributed by atoms with Gasteiger partial charge in [-0.1, -0.05) is 13.2 Å². The fourth-order valence-electron chi connectivity index (χ4n) is 3.11. The summed E-state index contributed by atoms with van der Waals surface area (Å²) < 4.78 is 1.66. The van der Waals surface area contributed by atoms with Gasteiger partial charge < -0.3 is 10.6 Å². The van der Waals surface area contributed by atoms with Crippen LogP contribution in [-0.2, 0) is 16.6 Å². The molecule has 0 spiro atoms. The highest BCUT2D eigenvalue weighted by atomic mass is 16.2. The van der Waals surface area contributed by atoms with Crippen molar-refractivity contribution in [2.45, 2.75) is 12.5 Å². The zero-order valence-electron chi connectivity index (χ0n) is 14.2. The van der Waals surface area contributed by atoms with Crippen LogP contribution in [0.15, 0.2) is 43.5 Å². The molecular formula is C18H21N5O2. The number of carbonyl (C=O) groups is 2. The van der Waals surface area contributed by atoms with E-state index < -0.39 is 11.8 Å². The second-order valence-corrected chi connectivity index (χ2v) is 6.06. The van der Waals surface area contributed by atoms with Gasteiger partial charge in [-0.15, -0.1) is 0 Å². The standard InChI is InChI=1S/C18H21N5O2/c1-4-16(24)23(17(25)5-2)18-14-7-6-13(10-15(14)21(3)20-18)22-9-8-12(19)11-22/h4-7,10,12H,1-2,8-9,11,19H2,3H3. The summed E-state index contributed by atoms with van der Waals surface area (Å²) >= 11 is 0. The number of rotatable bonds is 4. The Morgan fingerprint density at radius 3 is 2.56 bits per heavy atom. The first-order chi connectivity index (χ1) is 12.0. The summed E-state index contributed by atoms with van der Waals surface area (Å²) in [5.41, 5.74) is 7.86. The van der Waals surface area contributed by atoms with Crippen molar-refractivity contribution in [3.8, 4) is 0 Å². The lowest BCUT2D eigenvalue weighted by atomic mass is 10.2. The van der Waals surface area contributed by atoms with Crippen molar-refractivity contribution >= 4 is 34.2 Å². The fourth-order valence-corrected chi connectivity index (χ4v) is 3.11. The summed E-state index contributed by atoms with van der Waals surface area (Å²) in [5, 5.41) is 5.08. The van der Waals surface area contributed by atoms with Gasteiger partial charge in [-0.05, 0) is 36.8 Å². The van der Waals surface area contributed by atoms with Crippen LogP contribution in [0.25, 0.3) is 10.9 Å². The minimum Gasteiger partial charge on any atom is -0.370 e. The predicted octanol–water partition coefficient (Wildman–Crippen LogP) is 1.34. The summed E-state index contributed by atoms with van der Waals surface area (Å²) in [4.78, 5) is 27.5. The Morgan fingerprint density at radius 2 is 2.00 bits per heavy atom. The number of amides is 2. The monoisotopic (exact) mass is 339 g/mol. The molecule has 1 unspecified atom stereocenters. The molecule has 7 nitrogen and oxygen atoms in total. The van der Waals surface area contributed by atoms with Gasteiger partial charge in [0.2, 0.25) is 0 Å². The average Bonchev–Trinajstić information content (AvgIpc) is 3.18. The number of benzene rings is 1. The van der Waals surface area contributed by atoms with Crippen molar-refractivity contribution < 1.29 is 9.59 Å². The number of hydrogen-bond acceptors (Lipinski definition) is 5.